The molecule has 2 aromatic heterocycles. The maximum Gasteiger partial charge on any atom is 0.243 e. The topological polar surface area (TPSA) is 64.6 Å². The Kier molecular flexibility index (Phi) is 4.18. The third-order valence-electron chi connectivity index (χ3n) is 5.54. The van der Waals surface area contributed by atoms with E-state index in [9.17, 15) is 10.1 Å². The van der Waals surface area contributed by atoms with E-state index in [0.29, 0.717) is 13.1 Å². The minimum atomic E-state index is -0.746. The highest BCUT2D eigenvalue weighted by Crippen LogP contribution is 2.39. The van der Waals surface area contributed by atoms with Gasteiger partial charge < -0.3 is 9.30 Å². The van der Waals surface area contributed by atoms with Crippen LogP contribution < -0.4 is 0 Å². The molecule has 1 amide bonds. The van der Waals surface area contributed by atoms with E-state index in [1.54, 1.807) is 0 Å². The standard InChI is InChI=1S/C19H23N5O/c20-15-19(6-2-3-7-19)18(25)23-11-9-22(10-12-23)13-16-14-24-8-4-1-5-17(24)21-16/h1,4-5,8,14H,2-3,6-7,9-13H2. The van der Waals surface area contributed by atoms with E-state index in [1.165, 1.54) is 0 Å². The number of pyridine rings is 1. The Morgan fingerprint density at radius 1 is 1.20 bits per heavy atom. The Labute approximate surface area is 147 Å². The Morgan fingerprint density at radius 3 is 2.64 bits per heavy atom. The minimum Gasteiger partial charge on any atom is -0.339 e. The van der Waals surface area contributed by atoms with Gasteiger partial charge in [-0.25, -0.2) is 4.98 Å². The molecule has 0 radical (unpaired) electrons. The first-order valence-corrected chi connectivity index (χ1v) is 9.06. The monoisotopic (exact) mass is 337 g/mol. The van der Waals surface area contributed by atoms with Crippen LogP contribution in [0.1, 0.15) is 31.4 Å². The highest BCUT2D eigenvalue weighted by atomic mass is 16.2. The highest BCUT2D eigenvalue weighted by molar-refractivity contribution is 5.86. The Morgan fingerprint density at radius 2 is 1.96 bits per heavy atom. The number of carbonyl (C=O) groups is 1. The molecule has 0 spiro atoms. The third kappa shape index (κ3) is 3.00. The van der Waals surface area contributed by atoms with Crippen molar-refractivity contribution in [2.45, 2.75) is 32.2 Å². The smallest absolute Gasteiger partial charge is 0.243 e. The normalized spacial score (nSPS) is 20.7. The molecule has 4 rings (SSSR count). The molecule has 2 aliphatic rings. The molecule has 6 heteroatoms. The van der Waals surface area contributed by atoms with Gasteiger partial charge in [-0.15, -0.1) is 0 Å². The lowest BCUT2D eigenvalue weighted by atomic mass is 9.86. The summed E-state index contributed by atoms with van der Waals surface area (Å²) in [5.41, 5.74) is 1.27. The average molecular weight is 337 g/mol. The number of nitrogens with zero attached hydrogens (tertiary/aromatic N) is 5. The molecule has 130 valence electrons. The molecule has 0 aromatic carbocycles. The summed E-state index contributed by atoms with van der Waals surface area (Å²) in [4.78, 5) is 21.7. The summed E-state index contributed by atoms with van der Waals surface area (Å²) in [5, 5.41) is 9.52. The fraction of sp³-hybridized carbons (Fsp3) is 0.526. The van der Waals surface area contributed by atoms with Gasteiger partial charge in [-0.1, -0.05) is 18.9 Å². The van der Waals surface area contributed by atoms with Crippen LogP contribution >= 0.6 is 0 Å². The fourth-order valence-electron chi connectivity index (χ4n) is 4.06. The largest absolute Gasteiger partial charge is 0.339 e. The van der Waals surface area contributed by atoms with Crippen LogP contribution in [0.25, 0.3) is 5.65 Å². The summed E-state index contributed by atoms with van der Waals surface area (Å²) in [6, 6.07) is 8.31. The van der Waals surface area contributed by atoms with E-state index in [-0.39, 0.29) is 5.91 Å². The molecule has 1 saturated carbocycles. The molecule has 0 atom stereocenters. The maximum atomic E-state index is 12.8. The Balaban J connectivity index is 1.36. The van der Waals surface area contributed by atoms with Gasteiger partial charge in [-0.3, -0.25) is 9.69 Å². The molecule has 2 fully saturated rings. The molecule has 0 unspecified atom stereocenters. The van der Waals surface area contributed by atoms with Crippen molar-refractivity contribution in [3.8, 4) is 6.07 Å². The van der Waals surface area contributed by atoms with Crippen LogP contribution in [0.4, 0.5) is 0 Å². The number of amides is 1. The number of hydrogen-bond acceptors (Lipinski definition) is 4. The summed E-state index contributed by atoms with van der Waals surface area (Å²) in [6.07, 6.45) is 7.51. The lowest BCUT2D eigenvalue weighted by Crippen LogP contribution is -2.52. The Bertz CT molecular complexity index is 774. The first-order chi connectivity index (χ1) is 12.2. The van der Waals surface area contributed by atoms with Crippen molar-refractivity contribution in [1.82, 2.24) is 19.2 Å². The quantitative estimate of drug-likeness (QED) is 0.860. The van der Waals surface area contributed by atoms with E-state index in [0.717, 1.165) is 56.7 Å². The summed E-state index contributed by atoms with van der Waals surface area (Å²) in [5.74, 6) is 0.0554. The van der Waals surface area contributed by atoms with E-state index in [1.807, 2.05) is 33.7 Å². The second-order valence-electron chi connectivity index (χ2n) is 7.17. The number of piperazine rings is 1. The molecular weight excluding hydrogens is 314 g/mol. The number of imidazole rings is 1. The molecule has 0 N–H and O–H groups in total. The maximum absolute atomic E-state index is 12.8. The van der Waals surface area contributed by atoms with Crippen LogP contribution in [-0.4, -0.2) is 51.3 Å². The summed E-state index contributed by atoms with van der Waals surface area (Å²) in [6.45, 7) is 3.88. The third-order valence-corrected chi connectivity index (χ3v) is 5.54. The van der Waals surface area contributed by atoms with E-state index in [4.69, 9.17) is 0 Å². The van der Waals surface area contributed by atoms with Crippen LogP contribution in [0.2, 0.25) is 0 Å². The lowest BCUT2D eigenvalue weighted by molar-refractivity contribution is -0.140. The first kappa shape index (κ1) is 16.1. The number of rotatable bonds is 3. The molecule has 1 saturated heterocycles. The molecule has 2 aromatic rings. The SMILES string of the molecule is N#CC1(C(=O)N2CCN(Cc3cn4ccccc4n3)CC2)CCCC1. The molecule has 0 bridgehead atoms. The van der Waals surface area contributed by atoms with Gasteiger partial charge >= 0.3 is 0 Å². The molecule has 25 heavy (non-hydrogen) atoms. The molecule has 3 heterocycles. The van der Waals surface area contributed by atoms with Gasteiger partial charge in [0.25, 0.3) is 0 Å². The minimum absolute atomic E-state index is 0.0554. The summed E-state index contributed by atoms with van der Waals surface area (Å²) >= 11 is 0. The van der Waals surface area contributed by atoms with Crippen LogP contribution in [0, 0.1) is 16.7 Å². The number of fused-ring (bicyclic) bond motifs is 1. The van der Waals surface area contributed by atoms with Crippen LogP contribution in [0.15, 0.2) is 30.6 Å². The van der Waals surface area contributed by atoms with Gasteiger partial charge in [0.1, 0.15) is 11.1 Å². The molecule has 1 aliphatic carbocycles. The molecule has 6 nitrogen and oxygen atoms in total. The van der Waals surface area contributed by atoms with E-state index >= 15 is 0 Å². The van der Waals surface area contributed by atoms with Gasteiger partial charge in [0.2, 0.25) is 5.91 Å². The average Bonchev–Trinajstić information content (AvgIpc) is 3.29. The lowest BCUT2D eigenvalue weighted by Gasteiger charge is -2.37. The predicted molar refractivity (Wildman–Crippen MR) is 93.6 cm³/mol. The summed E-state index contributed by atoms with van der Waals surface area (Å²) in [7, 11) is 0. The molecule has 1 aliphatic heterocycles. The van der Waals surface area contributed by atoms with Gasteiger partial charge in [0, 0.05) is 45.1 Å². The Hall–Kier alpha value is -2.39. The van der Waals surface area contributed by atoms with Crippen molar-refractivity contribution in [2.75, 3.05) is 26.2 Å². The van der Waals surface area contributed by atoms with Crippen molar-refractivity contribution in [3.63, 3.8) is 0 Å². The zero-order valence-corrected chi connectivity index (χ0v) is 14.4. The van der Waals surface area contributed by atoms with E-state index < -0.39 is 5.41 Å². The van der Waals surface area contributed by atoms with Gasteiger partial charge in [-0.2, -0.15) is 5.26 Å². The van der Waals surface area contributed by atoms with Crippen molar-refractivity contribution in [1.29, 1.82) is 5.26 Å². The van der Waals surface area contributed by atoms with Crippen molar-refractivity contribution in [3.05, 3.63) is 36.3 Å². The molecular formula is C19H23N5O. The second kappa shape index (κ2) is 6.49. The van der Waals surface area contributed by atoms with Gasteiger partial charge in [0.15, 0.2) is 0 Å². The van der Waals surface area contributed by atoms with Crippen molar-refractivity contribution < 1.29 is 4.79 Å². The zero-order valence-electron chi connectivity index (χ0n) is 14.4. The van der Waals surface area contributed by atoms with Crippen molar-refractivity contribution >= 4 is 11.6 Å². The van der Waals surface area contributed by atoms with E-state index in [2.05, 4.69) is 22.1 Å². The highest BCUT2D eigenvalue weighted by Gasteiger charge is 2.44. The van der Waals surface area contributed by atoms with Gasteiger partial charge in [-0.05, 0) is 25.0 Å². The number of aromatic nitrogens is 2. The van der Waals surface area contributed by atoms with Crippen molar-refractivity contribution in [2.24, 2.45) is 5.41 Å². The first-order valence-electron chi connectivity index (χ1n) is 9.06. The predicted octanol–water partition coefficient (Wildman–Crippen LogP) is 2.06. The number of carbonyl (C=O) groups excluding carboxylic acids is 1. The van der Waals surface area contributed by atoms with Gasteiger partial charge in [0.05, 0.1) is 11.8 Å². The van der Waals surface area contributed by atoms with Crippen LogP contribution in [-0.2, 0) is 11.3 Å². The zero-order chi connectivity index (χ0) is 17.3. The summed E-state index contributed by atoms with van der Waals surface area (Å²) < 4.78 is 2.03. The number of hydrogen-bond donors (Lipinski definition) is 0. The number of nitriles is 1. The fourth-order valence-corrected chi connectivity index (χ4v) is 4.06. The second-order valence-corrected chi connectivity index (χ2v) is 7.17. The van der Waals surface area contributed by atoms with Crippen LogP contribution in [0.3, 0.4) is 0 Å². The van der Waals surface area contributed by atoms with Crippen LogP contribution in [0.5, 0.6) is 0 Å².